The van der Waals surface area contributed by atoms with Gasteiger partial charge >= 0.3 is 0 Å². The van der Waals surface area contributed by atoms with E-state index in [4.69, 9.17) is 0 Å². The lowest BCUT2D eigenvalue weighted by Gasteiger charge is -2.51. The van der Waals surface area contributed by atoms with Gasteiger partial charge in [-0.15, -0.1) is 0 Å². The predicted octanol–water partition coefficient (Wildman–Crippen LogP) is 6.85. The van der Waals surface area contributed by atoms with Crippen molar-refractivity contribution in [3.8, 4) is 0 Å². The van der Waals surface area contributed by atoms with Crippen molar-refractivity contribution in [2.45, 2.75) is 30.2 Å². The second-order valence-electron chi connectivity index (χ2n) is 10.4. The number of carbonyl (C=O) groups is 2. The molecule has 4 aliphatic rings. The molecule has 184 valence electrons. The van der Waals surface area contributed by atoms with Gasteiger partial charge in [0.1, 0.15) is 5.54 Å². The molecule has 0 saturated carbocycles. The fraction of sp³-hybridized carbons (Fsp3) is 0.143. The molecule has 1 aliphatic heterocycles. The van der Waals surface area contributed by atoms with Crippen LogP contribution in [0.25, 0.3) is 0 Å². The summed E-state index contributed by atoms with van der Waals surface area (Å²) in [5.41, 5.74) is 5.91. The molecule has 4 aromatic rings. The van der Waals surface area contributed by atoms with Crippen LogP contribution in [0.1, 0.15) is 52.5 Å². The number of hydrogen-bond donors (Lipinski definition) is 0. The minimum atomic E-state index is -0.939. The van der Waals surface area contributed by atoms with Gasteiger partial charge in [-0.3, -0.25) is 14.5 Å². The third-order valence-electron chi connectivity index (χ3n) is 8.53. The van der Waals surface area contributed by atoms with Crippen LogP contribution in [0.15, 0.2) is 139 Å². The molecule has 0 radical (unpaired) electrons. The van der Waals surface area contributed by atoms with E-state index in [-0.39, 0.29) is 23.7 Å². The Bertz CT molecular complexity index is 1580. The van der Waals surface area contributed by atoms with Crippen molar-refractivity contribution in [1.29, 1.82) is 0 Å². The van der Waals surface area contributed by atoms with Crippen molar-refractivity contribution >= 4 is 11.8 Å². The molecule has 0 saturated heterocycles. The molecular weight excluding hydrogens is 466 g/mol. The molecule has 8 rings (SSSR count). The van der Waals surface area contributed by atoms with Crippen LogP contribution in [0.5, 0.6) is 0 Å². The third kappa shape index (κ3) is 3.02. The maximum absolute atomic E-state index is 14.8. The third-order valence-corrected chi connectivity index (χ3v) is 8.53. The van der Waals surface area contributed by atoms with Crippen LogP contribution in [-0.4, -0.2) is 16.7 Å². The van der Waals surface area contributed by atoms with Gasteiger partial charge in [0.2, 0.25) is 5.91 Å². The molecule has 2 bridgehead atoms. The van der Waals surface area contributed by atoms with Crippen LogP contribution >= 0.6 is 0 Å². The monoisotopic (exact) mass is 493 g/mol. The zero-order valence-corrected chi connectivity index (χ0v) is 21.1. The Morgan fingerprint density at radius 3 is 1.95 bits per heavy atom. The molecular formula is C35H27NO2. The smallest absolute Gasteiger partial charge is 0.257 e. The number of rotatable bonds is 4. The molecule has 0 fully saturated rings. The normalized spacial score (nSPS) is 23.1. The summed E-state index contributed by atoms with van der Waals surface area (Å²) in [6.45, 7) is 1.90. The highest BCUT2D eigenvalue weighted by Crippen LogP contribution is 2.63. The summed E-state index contributed by atoms with van der Waals surface area (Å²) in [5.74, 6) is -0.900. The van der Waals surface area contributed by atoms with E-state index in [1.54, 1.807) is 4.90 Å². The number of benzene rings is 4. The van der Waals surface area contributed by atoms with Crippen LogP contribution in [0.2, 0.25) is 0 Å². The Labute approximate surface area is 222 Å². The molecule has 0 N–H and O–H groups in total. The summed E-state index contributed by atoms with van der Waals surface area (Å²) < 4.78 is 0. The first-order chi connectivity index (χ1) is 18.6. The maximum atomic E-state index is 14.8. The van der Waals surface area contributed by atoms with Gasteiger partial charge < -0.3 is 0 Å². The van der Waals surface area contributed by atoms with E-state index < -0.39 is 11.5 Å². The molecule has 1 spiro atoms. The van der Waals surface area contributed by atoms with Gasteiger partial charge in [-0.05, 0) is 40.3 Å². The van der Waals surface area contributed by atoms with Crippen LogP contribution < -0.4 is 0 Å². The molecule has 4 aromatic carbocycles. The van der Waals surface area contributed by atoms with Crippen molar-refractivity contribution in [1.82, 2.24) is 4.90 Å². The summed E-state index contributed by atoms with van der Waals surface area (Å²) >= 11 is 0. The minimum absolute atomic E-state index is 0.00949. The lowest BCUT2D eigenvalue weighted by molar-refractivity contribution is -0.146. The SMILES string of the molecule is CC1=C2[C@H](c3ccccc3)C3C=CC2(c2ccccc23)N(C(=O)C(c2ccccc2)c2ccccc2)C1=O. The molecule has 0 aromatic heterocycles. The first-order valence-electron chi connectivity index (χ1n) is 13.2. The van der Waals surface area contributed by atoms with E-state index >= 15 is 0 Å². The van der Waals surface area contributed by atoms with Crippen molar-refractivity contribution in [3.05, 3.63) is 166 Å². The summed E-state index contributed by atoms with van der Waals surface area (Å²) in [6, 6.07) is 38.3. The molecule has 3 atom stereocenters. The second kappa shape index (κ2) is 8.53. The van der Waals surface area contributed by atoms with E-state index in [1.807, 2.05) is 79.7 Å². The average Bonchev–Trinajstić information content (AvgIpc) is 3.21. The maximum Gasteiger partial charge on any atom is 0.257 e. The van der Waals surface area contributed by atoms with Crippen molar-refractivity contribution in [2.24, 2.45) is 0 Å². The molecule has 1 heterocycles. The zero-order valence-electron chi connectivity index (χ0n) is 21.1. The fourth-order valence-corrected chi connectivity index (χ4v) is 7.00. The summed E-state index contributed by atoms with van der Waals surface area (Å²) in [5, 5.41) is 0. The molecule has 2 amide bonds. The van der Waals surface area contributed by atoms with Gasteiger partial charge in [-0.25, -0.2) is 0 Å². The number of hydrogen-bond acceptors (Lipinski definition) is 2. The highest BCUT2D eigenvalue weighted by molar-refractivity contribution is 6.12. The zero-order chi connectivity index (χ0) is 25.9. The standard InChI is InChI=1S/C35H27NO2/c1-23-32-31(26-17-9-4-10-18-26)28-21-22-35(32,29-20-12-11-19-27(28)29)36(33(23)37)34(38)30(24-13-5-2-6-14-24)25-15-7-3-8-16-25/h2-22,28,30-31H,1H3/t28?,31-,35?/m1/s1. The van der Waals surface area contributed by atoms with E-state index in [0.717, 1.165) is 22.3 Å². The molecule has 38 heavy (non-hydrogen) atoms. The first-order valence-corrected chi connectivity index (χ1v) is 13.2. The topological polar surface area (TPSA) is 37.4 Å². The Morgan fingerprint density at radius 1 is 0.763 bits per heavy atom. The Kier molecular flexibility index (Phi) is 5.09. The number of imide groups is 1. The van der Waals surface area contributed by atoms with Crippen LogP contribution in [0, 0.1) is 0 Å². The van der Waals surface area contributed by atoms with Crippen molar-refractivity contribution in [3.63, 3.8) is 0 Å². The molecule has 3 heteroatoms. The quantitative estimate of drug-likeness (QED) is 0.292. The van der Waals surface area contributed by atoms with Crippen LogP contribution in [0.4, 0.5) is 0 Å². The molecule has 2 unspecified atom stereocenters. The number of amides is 2. The highest BCUT2D eigenvalue weighted by atomic mass is 16.2. The van der Waals surface area contributed by atoms with Crippen molar-refractivity contribution in [2.75, 3.05) is 0 Å². The minimum Gasteiger partial charge on any atom is -0.273 e. The second-order valence-corrected chi connectivity index (χ2v) is 10.4. The molecule has 3 aliphatic carbocycles. The number of carbonyl (C=O) groups excluding carboxylic acids is 2. The summed E-state index contributed by atoms with van der Waals surface area (Å²) in [4.78, 5) is 30.7. The lowest BCUT2D eigenvalue weighted by atomic mass is 9.57. The van der Waals surface area contributed by atoms with Gasteiger partial charge in [0.25, 0.3) is 5.91 Å². The van der Waals surface area contributed by atoms with Crippen LogP contribution in [-0.2, 0) is 15.1 Å². The largest absolute Gasteiger partial charge is 0.273 e. The van der Waals surface area contributed by atoms with E-state index in [1.165, 1.54) is 11.1 Å². The summed E-state index contributed by atoms with van der Waals surface area (Å²) in [6.07, 6.45) is 4.34. The fourth-order valence-electron chi connectivity index (χ4n) is 7.00. The average molecular weight is 494 g/mol. The Morgan fingerprint density at radius 2 is 1.32 bits per heavy atom. The van der Waals surface area contributed by atoms with Gasteiger partial charge in [0.05, 0.1) is 5.92 Å². The highest BCUT2D eigenvalue weighted by Gasteiger charge is 2.62. The van der Waals surface area contributed by atoms with Crippen molar-refractivity contribution < 1.29 is 9.59 Å². The van der Waals surface area contributed by atoms with Gasteiger partial charge in [0.15, 0.2) is 0 Å². The first kappa shape index (κ1) is 22.7. The Balaban J connectivity index is 1.47. The number of nitrogens with zero attached hydrogens (tertiary/aromatic N) is 1. The predicted molar refractivity (Wildman–Crippen MR) is 148 cm³/mol. The van der Waals surface area contributed by atoms with E-state index in [0.29, 0.717) is 5.57 Å². The van der Waals surface area contributed by atoms with Gasteiger partial charge in [-0.1, -0.05) is 127 Å². The van der Waals surface area contributed by atoms with Gasteiger partial charge in [-0.2, -0.15) is 0 Å². The van der Waals surface area contributed by atoms with Gasteiger partial charge in [0, 0.05) is 17.4 Å². The van der Waals surface area contributed by atoms with E-state index in [9.17, 15) is 9.59 Å². The molecule has 3 nitrogen and oxygen atoms in total. The number of allylic oxidation sites excluding steroid dienone is 1. The summed E-state index contributed by atoms with van der Waals surface area (Å²) in [7, 11) is 0. The Hall–Kier alpha value is -4.50. The van der Waals surface area contributed by atoms with E-state index in [2.05, 4.69) is 54.6 Å². The van der Waals surface area contributed by atoms with Crippen LogP contribution in [0.3, 0.4) is 0 Å². The lowest BCUT2D eigenvalue weighted by Crippen LogP contribution is -2.54.